The summed E-state index contributed by atoms with van der Waals surface area (Å²) >= 11 is 0. The van der Waals surface area contributed by atoms with Gasteiger partial charge in [-0.15, -0.1) is 0 Å². The van der Waals surface area contributed by atoms with Crippen molar-refractivity contribution >= 4 is 23.4 Å². The Hall–Kier alpha value is -2.96. The van der Waals surface area contributed by atoms with Crippen molar-refractivity contribution in [1.82, 2.24) is 9.97 Å². The van der Waals surface area contributed by atoms with Crippen LogP contribution in [0, 0.1) is 13.8 Å². The lowest BCUT2D eigenvalue weighted by Gasteiger charge is -2.10. The lowest BCUT2D eigenvalue weighted by atomic mass is 10.1. The molecule has 1 aromatic carbocycles. The maximum Gasteiger partial charge on any atom is 0.361 e. The molecule has 0 atom stereocenters. The highest BCUT2D eigenvalue weighted by molar-refractivity contribution is 5.96. The van der Waals surface area contributed by atoms with Gasteiger partial charge >= 0.3 is 5.97 Å². The highest BCUT2D eigenvalue weighted by Gasteiger charge is 2.15. The number of rotatable bonds is 4. The Morgan fingerprint density at radius 2 is 1.95 bits per heavy atom. The van der Waals surface area contributed by atoms with Crippen molar-refractivity contribution in [3.63, 3.8) is 0 Å². The van der Waals surface area contributed by atoms with E-state index in [9.17, 15) is 9.59 Å². The van der Waals surface area contributed by atoms with Crippen molar-refractivity contribution in [2.45, 2.75) is 13.8 Å². The number of amides is 1. The Kier molecular flexibility index (Phi) is 4.67. The monoisotopic (exact) mass is 300 g/mol. The summed E-state index contributed by atoms with van der Waals surface area (Å²) in [6.45, 7) is 3.37. The molecule has 0 fully saturated rings. The van der Waals surface area contributed by atoms with Crippen LogP contribution in [-0.4, -0.2) is 28.5 Å². The molecule has 0 saturated carbocycles. The maximum absolute atomic E-state index is 11.8. The van der Waals surface area contributed by atoms with Crippen LogP contribution in [0.25, 0.3) is 0 Å². The molecule has 22 heavy (non-hydrogen) atoms. The molecule has 7 heteroatoms. The normalized spacial score (nSPS) is 10.1. The zero-order chi connectivity index (χ0) is 16.1. The van der Waals surface area contributed by atoms with E-state index in [0.29, 0.717) is 5.69 Å². The molecule has 1 heterocycles. The first-order valence-corrected chi connectivity index (χ1v) is 6.58. The Bertz CT molecular complexity index is 716. The number of hydrogen-bond acceptors (Lipinski definition) is 6. The third-order valence-corrected chi connectivity index (χ3v) is 2.92. The number of aryl methyl sites for hydroxylation is 2. The second-order valence-electron chi connectivity index (χ2n) is 4.73. The molecule has 3 N–H and O–H groups in total. The molecule has 114 valence electrons. The highest BCUT2D eigenvalue weighted by atomic mass is 16.5. The van der Waals surface area contributed by atoms with Gasteiger partial charge in [0.1, 0.15) is 0 Å². The zero-order valence-corrected chi connectivity index (χ0v) is 12.3. The van der Waals surface area contributed by atoms with Crippen LogP contribution < -0.4 is 11.1 Å². The van der Waals surface area contributed by atoms with Gasteiger partial charge in [0.25, 0.3) is 5.91 Å². The third kappa shape index (κ3) is 3.78. The molecule has 0 bridgehead atoms. The predicted octanol–water partition coefficient (Wildman–Crippen LogP) is 1.47. The Morgan fingerprint density at radius 3 is 2.68 bits per heavy atom. The number of benzene rings is 1. The molecule has 0 aliphatic carbocycles. The summed E-state index contributed by atoms with van der Waals surface area (Å²) in [7, 11) is 0. The fourth-order valence-electron chi connectivity index (χ4n) is 1.76. The van der Waals surface area contributed by atoms with Crippen molar-refractivity contribution in [3.8, 4) is 0 Å². The van der Waals surface area contributed by atoms with E-state index < -0.39 is 18.5 Å². The van der Waals surface area contributed by atoms with Gasteiger partial charge in [-0.1, -0.05) is 12.1 Å². The molecule has 0 spiro atoms. The van der Waals surface area contributed by atoms with E-state index in [0.717, 1.165) is 11.1 Å². The molecule has 0 aliphatic heterocycles. The first-order valence-electron chi connectivity index (χ1n) is 6.58. The van der Waals surface area contributed by atoms with Crippen LogP contribution in [0.15, 0.2) is 30.6 Å². The summed E-state index contributed by atoms with van der Waals surface area (Å²) in [4.78, 5) is 31.1. The molecule has 0 saturated heterocycles. The molecule has 7 nitrogen and oxygen atoms in total. The van der Waals surface area contributed by atoms with Crippen LogP contribution in [0.1, 0.15) is 21.6 Å². The summed E-state index contributed by atoms with van der Waals surface area (Å²) in [6.07, 6.45) is 2.68. The van der Waals surface area contributed by atoms with E-state index in [1.165, 1.54) is 12.4 Å². The van der Waals surface area contributed by atoms with Crippen molar-refractivity contribution in [3.05, 3.63) is 47.4 Å². The standard InChI is InChI=1S/C15H16N4O3/c1-9-3-4-10(2)11(7-9)19-12(20)8-22-15(21)13-14(16)18-6-5-17-13/h3-7H,8H2,1-2H3,(H2,16,18)(H,19,20). The van der Waals surface area contributed by atoms with Gasteiger partial charge in [0.05, 0.1) is 0 Å². The summed E-state index contributed by atoms with van der Waals surface area (Å²) in [5.74, 6) is -1.27. The quantitative estimate of drug-likeness (QED) is 0.828. The van der Waals surface area contributed by atoms with Crippen molar-refractivity contribution < 1.29 is 14.3 Å². The number of ether oxygens (including phenoxy) is 1. The molecule has 0 unspecified atom stereocenters. The number of carbonyl (C=O) groups is 2. The van der Waals surface area contributed by atoms with Crippen LogP contribution in [0.4, 0.5) is 11.5 Å². The van der Waals surface area contributed by atoms with E-state index in [1.54, 1.807) is 0 Å². The predicted molar refractivity (Wildman–Crippen MR) is 81.3 cm³/mol. The summed E-state index contributed by atoms with van der Waals surface area (Å²) < 4.78 is 4.88. The van der Waals surface area contributed by atoms with Crippen LogP contribution in [0.5, 0.6) is 0 Å². The van der Waals surface area contributed by atoms with Gasteiger partial charge < -0.3 is 15.8 Å². The van der Waals surface area contributed by atoms with Crippen LogP contribution >= 0.6 is 0 Å². The Labute approximate surface area is 127 Å². The molecule has 2 rings (SSSR count). The topological polar surface area (TPSA) is 107 Å². The molecule has 2 aromatic rings. The SMILES string of the molecule is Cc1ccc(C)c(NC(=O)COC(=O)c2nccnc2N)c1. The maximum atomic E-state index is 11.8. The van der Waals surface area contributed by atoms with E-state index in [4.69, 9.17) is 10.5 Å². The number of carbonyl (C=O) groups excluding carboxylic acids is 2. The van der Waals surface area contributed by atoms with Crippen molar-refractivity contribution in [2.75, 3.05) is 17.7 Å². The summed E-state index contributed by atoms with van der Waals surface area (Å²) in [5, 5.41) is 2.69. The third-order valence-electron chi connectivity index (χ3n) is 2.92. The molecule has 1 amide bonds. The van der Waals surface area contributed by atoms with E-state index in [2.05, 4.69) is 15.3 Å². The van der Waals surface area contributed by atoms with Crippen LogP contribution in [0.2, 0.25) is 0 Å². The number of esters is 1. The van der Waals surface area contributed by atoms with Crippen LogP contribution in [-0.2, 0) is 9.53 Å². The minimum absolute atomic E-state index is 0.0394. The molecule has 0 radical (unpaired) electrons. The lowest BCUT2D eigenvalue weighted by molar-refractivity contribution is -0.119. The van der Waals surface area contributed by atoms with E-state index in [1.807, 2.05) is 32.0 Å². The second kappa shape index (κ2) is 6.66. The number of nitrogens with two attached hydrogens (primary N) is 1. The number of nitrogen functional groups attached to an aromatic ring is 1. The first kappa shape index (κ1) is 15.4. The van der Waals surface area contributed by atoms with Crippen molar-refractivity contribution in [1.29, 1.82) is 0 Å². The van der Waals surface area contributed by atoms with Crippen LogP contribution in [0.3, 0.4) is 0 Å². The van der Waals surface area contributed by atoms with E-state index in [-0.39, 0.29) is 11.5 Å². The summed E-state index contributed by atoms with van der Waals surface area (Å²) in [6, 6.07) is 5.69. The Balaban J connectivity index is 1.94. The average Bonchev–Trinajstić information content (AvgIpc) is 2.49. The second-order valence-corrected chi connectivity index (χ2v) is 4.73. The van der Waals surface area contributed by atoms with Gasteiger partial charge in [-0.2, -0.15) is 0 Å². The number of anilines is 2. The minimum atomic E-state index is -0.790. The lowest BCUT2D eigenvalue weighted by Crippen LogP contribution is -2.22. The molecule has 1 aromatic heterocycles. The number of nitrogens with zero attached hydrogens (tertiary/aromatic N) is 2. The fourth-order valence-corrected chi connectivity index (χ4v) is 1.76. The number of nitrogens with one attached hydrogen (secondary N) is 1. The van der Waals surface area contributed by atoms with Gasteiger partial charge in [0, 0.05) is 18.1 Å². The zero-order valence-electron chi connectivity index (χ0n) is 12.3. The van der Waals surface area contributed by atoms with Gasteiger partial charge in [-0.25, -0.2) is 14.8 Å². The van der Waals surface area contributed by atoms with Gasteiger partial charge in [0.2, 0.25) is 0 Å². The number of hydrogen-bond donors (Lipinski definition) is 2. The highest BCUT2D eigenvalue weighted by Crippen LogP contribution is 2.16. The number of aromatic nitrogens is 2. The Morgan fingerprint density at radius 1 is 1.23 bits per heavy atom. The fraction of sp³-hybridized carbons (Fsp3) is 0.200. The molecular formula is C15H16N4O3. The summed E-state index contributed by atoms with van der Waals surface area (Å²) in [5.41, 5.74) is 8.02. The van der Waals surface area contributed by atoms with Crippen molar-refractivity contribution in [2.24, 2.45) is 0 Å². The molecule has 0 aliphatic rings. The first-order chi connectivity index (χ1) is 10.5. The van der Waals surface area contributed by atoms with Gasteiger partial charge in [-0.05, 0) is 31.0 Å². The average molecular weight is 300 g/mol. The van der Waals surface area contributed by atoms with Gasteiger partial charge in [0.15, 0.2) is 18.1 Å². The van der Waals surface area contributed by atoms with E-state index >= 15 is 0 Å². The largest absolute Gasteiger partial charge is 0.451 e. The molecular weight excluding hydrogens is 284 g/mol. The minimum Gasteiger partial charge on any atom is -0.451 e. The smallest absolute Gasteiger partial charge is 0.361 e. The van der Waals surface area contributed by atoms with Gasteiger partial charge in [-0.3, -0.25) is 4.79 Å².